The second kappa shape index (κ2) is 7.76. The maximum Gasteiger partial charge on any atom is 0.228 e. The van der Waals surface area contributed by atoms with E-state index in [0.717, 1.165) is 11.1 Å². The van der Waals surface area contributed by atoms with Gasteiger partial charge in [0.15, 0.2) is 17.1 Å². The van der Waals surface area contributed by atoms with Gasteiger partial charge in [-0.25, -0.2) is 0 Å². The molecule has 132 valence electrons. The second-order valence-corrected chi connectivity index (χ2v) is 7.42. The van der Waals surface area contributed by atoms with Crippen molar-refractivity contribution in [1.29, 1.82) is 0 Å². The molecule has 2 rings (SSSR count). The fraction of sp³-hybridized carbons (Fsp3) is 0.316. The van der Waals surface area contributed by atoms with Crippen molar-refractivity contribution in [3.8, 4) is 5.75 Å². The van der Waals surface area contributed by atoms with Gasteiger partial charge >= 0.3 is 0 Å². The molecule has 1 aliphatic rings. The molecule has 0 aromatic heterocycles. The van der Waals surface area contributed by atoms with Gasteiger partial charge in [0.05, 0.1) is 0 Å². The number of benzene rings is 1. The van der Waals surface area contributed by atoms with Crippen LogP contribution in [0.15, 0.2) is 41.5 Å². The summed E-state index contributed by atoms with van der Waals surface area (Å²) in [5, 5.41) is 20.6. The standard InChI is InChI=1S/C19H22ClN3O2/c1-19(2,3)13-10-12(8-9-17(20)24)11-16(18(13)25)23-22-15-7-5-4-6-14(15)21/h4-7,10-11,21,23,25H,8-9H2,1-3H3/p+2/b21-14?,22-15-. The molecule has 25 heavy (non-hydrogen) atoms. The zero-order valence-corrected chi connectivity index (χ0v) is 15.5. The summed E-state index contributed by atoms with van der Waals surface area (Å²) in [5.74, 6) is 0.187. The number of hydrogen-bond acceptors (Lipinski definition) is 3. The molecular weight excluding hydrogens is 338 g/mol. The third-order valence-electron chi connectivity index (χ3n) is 3.90. The first-order chi connectivity index (χ1) is 11.7. The van der Waals surface area contributed by atoms with E-state index in [4.69, 9.17) is 17.0 Å². The maximum atomic E-state index is 11.1. The molecule has 6 heteroatoms. The second-order valence-electron chi connectivity index (χ2n) is 7.00. The molecule has 5 N–H and O–H groups in total. The number of nitrogens with two attached hydrogens (primary N) is 2. The lowest BCUT2D eigenvalue weighted by Crippen LogP contribution is -2.72. The zero-order chi connectivity index (χ0) is 18.6. The van der Waals surface area contributed by atoms with Gasteiger partial charge in [0.25, 0.3) is 0 Å². The lowest BCUT2D eigenvalue weighted by Gasteiger charge is -2.21. The summed E-state index contributed by atoms with van der Waals surface area (Å²) in [6.45, 7) is 6.07. The van der Waals surface area contributed by atoms with Crippen molar-refractivity contribution >= 4 is 34.0 Å². The Morgan fingerprint density at radius 2 is 1.96 bits per heavy atom. The van der Waals surface area contributed by atoms with E-state index in [-0.39, 0.29) is 22.8 Å². The van der Waals surface area contributed by atoms with Crippen LogP contribution in [0.4, 0.5) is 5.69 Å². The molecule has 0 fully saturated rings. The first kappa shape index (κ1) is 19.1. The first-order valence-electron chi connectivity index (χ1n) is 8.12. The molecule has 5 nitrogen and oxygen atoms in total. The molecular formula is C19H24ClN3O2+2. The topological polar surface area (TPSA) is 91.9 Å². The van der Waals surface area contributed by atoms with Gasteiger partial charge in [0.1, 0.15) is 0 Å². The molecule has 0 spiro atoms. The Labute approximate surface area is 152 Å². The number of allylic oxidation sites excluding steroid dienone is 4. The number of quaternary nitrogens is 1. The minimum absolute atomic E-state index is 0.187. The van der Waals surface area contributed by atoms with Crippen LogP contribution in [0.3, 0.4) is 0 Å². The van der Waals surface area contributed by atoms with Gasteiger partial charge in [-0.05, 0) is 35.1 Å². The fourth-order valence-corrected chi connectivity index (χ4v) is 2.61. The van der Waals surface area contributed by atoms with Gasteiger partial charge in [-0.15, -0.1) is 0 Å². The highest BCUT2D eigenvalue weighted by Crippen LogP contribution is 2.35. The van der Waals surface area contributed by atoms with E-state index in [0.29, 0.717) is 23.5 Å². The van der Waals surface area contributed by atoms with E-state index in [1.165, 1.54) is 0 Å². The number of aromatic hydroxyl groups is 1. The molecule has 0 amide bonds. The Kier molecular flexibility index (Phi) is 5.93. The number of rotatable bonds is 5. The third kappa shape index (κ3) is 5.11. The molecule has 1 aliphatic carbocycles. The molecule has 0 saturated heterocycles. The van der Waals surface area contributed by atoms with Gasteiger partial charge in [-0.2, -0.15) is 5.43 Å². The highest BCUT2D eigenvalue weighted by atomic mass is 35.5. The van der Waals surface area contributed by atoms with E-state index < -0.39 is 0 Å². The molecule has 1 aromatic carbocycles. The van der Waals surface area contributed by atoms with Crippen LogP contribution in [0, 0.1) is 0 Å². The van der Waals surface area contributed by atoms with Crippen molar-refractivity contribution in [2.45, 2.75) is 39.0 Å². The summed E-state index contributed by atoms with van der Waals surface area (Å²) in [5.41, 5.74) is 4.88. The van der Waals surface area contributed by atoms with Crippen molar-refractivity contribution in [3.63, 3.8) is 0 Å². The van der Waals surface area contributed by atoms with E-state index >= 15 is 0 Å². The van der Waals surface area contributed by atoms with E-state index in [9.17, 15) is 9.90 Å². The molecule has 0 aliphatic heterocycles. The van der Waals surface area contributed by atoms with Crippen LogP contribution >= 0.6 is 11.6 Å². The number of phenols is 1. The summed E-state index contributed by atoms with van der Waals surface area (Å²) in [4.78, 5) is 11.1. The Morgan fingerprint density at radius 1 is 1.28 bits per heavy atom. The summed E-state index contributed by atoms with van der Waals surface area (Å²) < 4.78 is 0. The highest BCUT2D eigenvalue weighted by Gasteiger charge is 2.24. The number of carbonyl (C=O) groups excluding carboxylic acids is 1. The molecule has 1 aromatic rings. The van der Waals surface area contributed by atoms with Crippen LogP contribution in [-0.4, -0.2) is 21.8 Å². The average molecular weight is 362 g/mol. The lowest BCUT2D eigenvalue weighted by molar-refractivity contribution is -0.577. The number of nitrogens with zero attached hydrogens (tertiary/aromatic N) is 1. The predicted molar refractivity (Wildman–Crippen MR) is 100 cm³/mol. The number of phenolic OH excluding ortho intramolecular Hbond substituents is 1. The van der Waals surface area contributed by atoms with Crippen LogP contribution in [-0.2, 0) is 16.6 Å². The van der Waals surface area contributed by atoms with Crippen LogP contribution in [0.2, 0.25) is 0 Å². The van der Waals surface area contributed by atoms with Crippen LogP contribution < -0.4 is 10.8 Å². The lowest BCUT2D eigenvalue weighted by atomic mass is 9.84. The molecule has 0 saturated carbocycles. The predicted octanol–water partition coefficient (Wildman–Crippen LogP) is 1.26. The molecule has 0 bridgehead atoms. The normalized spacial score (nSPS) is 15.8. The first-order valence-corrected chi connectivity index (χ1v) is 8.49. The van der Waals surface area contributed by atoms with Gasteiger partial charge in [-0.1, -0.05) is 44.1 Å². The number of hydrogen-bond donors (Lipinski definition) is 3. The summed E-state index contributed by atoms with van der Waals surface area (Å²) >= 11 is 5.46. The van der Waals surface area contributed by atoms with Crippen molar-refractivity contribution < 1.29 is 20.7 Å². The highest BCUT2D eigenvalue weighted by molar-refractivity contribution is 6.63. The van der Waals surface area contributed by atoms with Gasteiger partial charge in [-0.3, -0.25) is 10.2 Å². The van der Waals surface area contributed by atoms with Gasteiger partial charge in [0, 0.05) is 24.1 Å². The van der Waals surface area contributed by atoms with Gasteiger partial charge in [0.2, 0.25) is 11.0 Å². The quantitative estimate of drug-likeness (QED) is 0.184. The Morgan fingerprint density at radius 3 is 2.56 bits per heavy atom. The third-order valence-corrected chi connectivity index (χ3v) is 4.09. The minimum atomic E-state index is -0.377. The van der Waals surface area contributed by atoms with Crippen LogP contribution in [0.5, 0.6) is 5.75 Å². The minimum Gasteiger partial charge on any atom is -0.502 e. The molecule has 0 atom stereocenters. The fourth-order valence-electron chi connectivity index (χ4n) is 2.52. The maximum absolute atomic E-state index is 11.1. The summed E-state index contributed by atoms with van der Waals surface area (Å²) in [7, 11) is 0. The van der Waals surface area contributed by atoms with Crippen molar-refractivity contribution in [2.75, 3.05) is 0 Å². The van der Waals surface area contributed by atoms with Crippen molar-refractivity contribution in [1.82, 2.24) is 0 Å². The SMILES string of the molecule is CC(C)(C)c1cc(CCC(=O)Cl)cc([NH2+]/N=C2/C=CC=CC2=[NH2+])c1O. The Bertz CT molecular complexity index is 787. The van der Waals surface area contributed by atoms with Crippen molar-refractivity contribution in [2.24, 2.45) is 5.10 Å². The average Bonchev–Trinajstić information content (AvgIpc) is 2.52. The monoisotopic (exact) mass is 361 g/mol. The van der Waals surface area contributed by atoms with E-state index in [1.54, 1.807) is 11.5 Å². The number of carbonyl (C=O) groups is 1. The van der Waals surface area contributed by atoms with Gasteiger partial charge < -0.3 is 5.11 Å². The Hall–Kier alpha value is -2.24. The molecule has 0 radical (unpaired) electrons. The summed E-state index contributed by atoms with van der Waals surface area (Å²) in [6.07, 6.45) is 8.04. The van der Waals surface area contributed by atoms with E-state index in [1.807, 2.05) is 51.1 Å². The Balaban J connectivity index is 2.38. The zero-order valence-electron chi connectivity index (χ0n) is 14.7. The number of aryl methyl sites for hydroxylation is 1. The molecule has 0 heterocycles. The van der Waals surface area contributed by atoms with Crippen LogP contribution in [0.1, 0.15) is 38.3 Å². The van der Waals surface area contributed by atoms with E-state index in [2.05, 4.69) is 5.10 Å². The smallest absolute Gasteiger partial charge is 0.228 e. The number of halogens is 1. The largest absolute Gasteiger partial charge is 0.502 e. The molecule has 0 unspecified atom stereocenters. The summed E-state index contributed by atoms with van der Waals surface area (Å²) in [6, 6.07) is 3.75. The van der Waals surface area contributed by atoms with Crippen molar-refractivity contribution in [3.05, 3.63) is 47.6 Å². The van der Waals surface area contributed by atoms with Crippen LogP contribution in [0.25, 0.3) is 0 Å².